The second kappa shape index (κ2) is 5.99. The van der Waals surface area contributed by atoms with Crippen molar-refractivity contribution in [3.05, 3.63) is 0 Å². The van der Waals surface area contributed by atoms with Gasteiger partial charge in [-0.3, -0.25) is 9.59 Å². The number of carbonyl (C=O) groups excluding carboxylic acids is 2. The number of carboxylic acids is 2. The third-order valence-electron chi connectivity index (χ3n) is 2.59. The lowest BCUT2D eigenvalue weighted by Gasteiger charge is -1.99. The molecule has 2 rings (SSSR count). The Morgan fingerprint density at radius 1 is 0.889 bits per heavy atom. The average molecular weight is 258 g/mol. The Kier molecular flexibility index (Phi) is 4.64. The van der Waals surface area contributed by atoms with Gasteiger partial charge in [0.25, 0.3) is 0 Å². The molecule has 0 bridgehead atoms. The van der Waals surface area contributed by atoms with Gasteiger partial charge in [0.05, 0.1) is 0 Å². The third-order valence-corrected chi connectivity index (χ3v) is 2.59. The van der Waals surface area contributed by atoms with E-state index in [1.54, 1.807) is 0 Å². The van der Waals surface area contributed by atoms with Gasteiger partial charge in [-0.05, 0) is 12.8 Å². The molecule has 0 spiro atoms. The minimum atomic E-state index is -0.944. The van der Waals surface area contributed by atoms with Gasteiger partial charge < -0.3 is 20.8 Å². The molecule has 2 amide bonds. The Morgan fingerprint density at radius 2 is 1.22 bits per heavy atom. The number of rotatable bonds is 2. The van der Waals surface area contributed by atoms with E-state index < -0.39 is 24.0 Å². The van der Waals surface area contributed by atoms with Crippen molar-refractivity contribution in [1.29, 1.82) is 0 Å². The largest absolute Gasteiger partial charge is 0.480 e. The monoisotopic (exact) mass is 258 g/mol. The van der Waals surface area contributed by atoms with Crippen LogP contribution in [0.4, 0.5) is 0 Å². The summed E-state index contributed by atoms with van der Waals surface area (Å²) in [6.07, 6.45) is 1.54. The second-order valence-corrected chi connectivity index (χ2v) is 3.99. The van der Waals surface area contributed by atoms with Crippen LogP contribution >= 0.6 is 0 Å². The lowest BCUT2D eigenvalue weighted by molar-refractivity contribution is -0.140. The average Bonchev–Trinajstić information content (AvgIpc) is 2.88. The van der Waals surface area contributed by atoms with Gasteiger partial charge >= 0.3 is 11.9 Å². The van der Waals surface area contributed by atoms with E-state index in [2.05, 4.69) is 10.6 Å². The Balaban J connectivity index is 0.000000180. The number of amides is 2. The molecule has 2 atom stereocenters. The van der Waals surface area contributed by atoms with E-state index in [0.29, 0.717) is 25.7 Å². The molecule has 1 unspecified atom stereocenters. The molecule has 0 aromatic heterocycles. The van der Waals surface area contributed by atoms with Gasteiger partial charge in [-0.25, -0.2) is 9.59 Å². The van der Waals surface area contributed by atoms with Crippen molar-refractivity contribution in [2.75, 3.05) is 0 Å². The number of hydrogen-bond acceptors (Lipinski definition) is 4. The van der Waals surface area contributed by atoms with E-state index in [0.717, 1.165) is 0 Å². The Labute approximate surface area is 102 Å². The van der Waals surface area contributed by atoms with Crippen LogP contribution in [0.3, 0.4) is 0 Å². The highest BCUT2D eigenvalue weighted by atomic mass is 16.4. The first kappa shape index (κ1) is 13.9. The van der Waals surface area contributed by atoms with E-state index >= 15 is 0 Å². The molecule has 2 saturated heterocycles. The van der Waals surface area contributed by atoms with Crippen LogP contribution in [0.5, 0.6) is 0 Å². The predicted molar refractivity (Wildman–Crippen MR) is 57.6 cm³/mol. The van der Waals surface area contributed by atoms with Crippen LogP contribution in [0.15, 0.2) is 0 Å². The maximum Gasteiger partial charge on any atom is 0.326 e. The topological polar surface area (TPSA) is 133 Å². The van der Waals surface area contributed by atoms with Crippen molar-refractivity contribution < 1.29 is 29.4 Å². The first-order chi connectivity index (χ1) is 8.40. The normalized spacial score (nSPS) is 25.8. The highest BCUT2D eigenvalue weighted by molar-refractivity contribution is 5.87. The second-order valence-electron chi connectivity index (χ2n) is 3.99. The molecule has 18 heavy (non-hydrogen) atoms. The van der Waals surface area contributed by atoms with Crippen LogP contribution in [-0.2, 0) is 19.2 Å². The minimum absolute atomic E-state index is 0.164. The van der Waals surface area contributed by atoms with Gasteiger partial charge in [-0.15, -0.1) is 0 Å². The number of carbonyl (C=O) groups is 4. The maximum atomic E-state index is 10.4. The van der Waals surface area contributed by atoms with E-state index in [1.165, 1.54) is 0 Å². The summed E-state index contributed by atoms with van der Waals surface area (Å²) in [6, 6.07) is -1.28. The zero-order valence-electron chi connectivity index (χ0n) is 9.51. The molecule has 8 heteroatoms. The van der Waals surface area contributed by atoms with Gasteiger partial charge in [0.2, 0.25) is 11.8 Å². The molecule has 4 N–H and O–H groups in total. The minimum Gasteiger partial charge on any atom is -0.480 e. The lowest BCUT2D eigenvalue weighted by atomic mass is 10.2. The van der Waals surface area contributed by atoms with Crippen molar-refractivity contribution in [3.63, 3.8) is 0 Å². The van der Waals surface area contributed by atoms with Gasteiger partial charge in [0, 0.05) is 12.8 Å². The molecule has 100 valence electrons. The standard InChI is InChI=1S/2C5H7NO3/c2*7-4-2-1-3(6-4)5(8)9/h2*3H,1-2H2,(H,6,7)(H,8,9)/t3-;/m0./s1. The van der Waals surface area contributed by atoms with Crippen molar-refractivity contribution in [3.8, 4) is 0 Å². The van der Waals surface area contributed by atoms with Crippen molar-refractivity contribution in [2.45, 2.75) is 37.8 Å². The summed E-state index contributed by atoms with van der Waals surface area (Å²) >= 11 is 0. The number of aliphatic carboxylic acids is 2. The van der Waals surface area contributed by atoms with Crippen molar-refractivity contribution >= 4 is 23.8 Å². The third kappa shape index (κ3) is 4.04. The molecule has 0 aliphatic carbocycles. The number of nitrogens with one attached hydrogen (secondary N) is 2. The van der Waals surface area contributed by atoms with Crippen LogP contribution in [0.2, 0.25) is 0 Å². The molecule has 0 saturated carbocycles. The fraction of sp³-hybridized carbons (Fsp3) is 0.600. The number of carboxylic acid groups (broad SMARTS) is 2. The summed E-state index contributed by atoms with van der Waals surface area (Å²) in [6.45, 7) is 0. The van der Waals surface area contributed by atoms with Crippen molar-refractivity contribution in [1.82, 2.24) is 10.6 Å². The number of hydrogen-bond donors (Lipinski definition) is 4. The maximum absolute atomic E-state index is 10.4. The predicted octanol–water partition coefficient (Wildman–Crippen LogP) is -1.30. The fourth-order valence-electron chi connectivity index (χ4n) is 1.60. The van der Waals surface area contributed by atoms with E-state index in [9.17, 15) is 19.2 Å². The van der Waals surface area contributed by atoms with Gasteiger partial charge in [0.15, 0.2) is 0 Å². The van der Waals surface area contributed by atoms with Crippen molar-refractivity contribution in [2.24, 2.45) is 0 Å². The van der Waals surface area contributed by atoms with E-state index in [4.69, 9.17) is 10.2 Å². The summed E-state index contributed by atoms with van der Waals surface area (Å²) in [7, 11) is 0. The summed E-state index contributed by atoms with van der Waals surface area (Å²) in [5.74, 6) is -2.22. The molecule has 2 aliphatic heterocycles. The van der Waals surface area contributed by atoms with Gasteiger partial charge in [-0.2, -0.15) is 0 Å². The molecule has 2 aliphatic rings. The summed E-state index contributed by atoms with van der Waals surface area (Å²) in [5, 5.41) is 21.3. The lowest BCUT2D eigenvalue weighted by Crippen LogP contribution is -2.32. The van der Waals surface area contributed by atoms with Crippen LogP contribution in [-0.4, -0.2) is 46.0 Å². The molecule has 0 radical (unpaired) electrons. The molecule has 0 aromatic carbocycles. The summed E-state index contributed by atoms with van der Waals surface area (Å²) in [4.78, 5) is 41.0. The van der Waals surface area contributed by atoms with Crippen LogP contribution < -0.4 is 10.6 Å². The van der Waals surface area contributed by atoms with Gasteiger partial charge in [-0.1, -0.05) is 0 Å². The molecular formula is C10H14N2O6. The zero-order valence-corrected chi connectivity index (χ0v) is 9.51. The molecule has 8 nitrogen and oxygen atoms in total. The first-order valence-corrected chi connectivity index (χ1v) is 5.44. The Bertz CT molecular complexity index is 345. The molecule has 0 aromatic rings. The first-order valence-electron chi connectivity index (χ1n) is 5.44. The van der Waals surface area contributed by atoms with Gasteiger partial charge in [0.1, 0.15) is 12.1 Å². The zero-order chi connectivity index (χ0) is 13.7. The fourth-order valence-corrected chi connectivity index (χ4v) is 1.60. The molecule has 2 heterocycles. The molecular weight excluding hydrogens is 244 g/mol. The smallest absolute Gasteiger partial charge is 0.326 e. The highest BCUT2D eigenvalue weighted by Crippen LogP contribution is 2.05. The Hall–Kier alpha value is -2.12. The highest BCUT2D eigenvalue weighted by Gasteiger charge is 2.26. The SMILES string of the molecule is O=C1CCC(C(=O)O)N1.O=C1CC[C@@H](C(=O)O)N1. The summed E-state index contributed by atoms with van der Waals surface area (Å²) < 4.78 is 0. The van der Waals surface area contributed by atoms with E-state index in [1.807, 2.05) is 0 Å². The Morgan fingerprint density at radius 3 is 1.33 bits per heavy atom. The van der Waals surface area contributed by atoms with E-state index in [-0.39, 0.29) is 11.8 Å². The quantitative estimate of drug-likeness (QED) is 0.486. The van der Waals surface area contributed by atoms with Crippen LogP contribution in [0, 0.1) is 0 Å². The molecule has 2 fully saturated rings. The summed E-state index contributed by atoms with van der Waals surface area (Å²) in [5.41, 5.74) is 0. The van der Waals surface area contributed by atoms with Crippen LogP contribution in [0.25, 0.3) is 0 Å². The van der Waals surface area contributed by atoms with Crippen LogP contribution in [0.1, 0.15) is 25.7 Å².